The van der Waals surface area contributed by atoms with Crippen molar-refractivity contribution < 1.29 is 13.2 Å². The van der Waals surface area contributed by atoms with Gasteiger partial charge in [0, 0.05) is 21.5 Å². The molecular formula is C19H21BrN4O3S2. The standard InChI is InChI=1S/C19H21BrN4O3S2/c1-2-27-17-10-8-16(9-11-17)24-18(14-4-6-15(20)7-5-14)22-23-19(24)28-12-3-13-29(21,25)26/h4-11H,2-3,12-13H2,1H3,(H2,21,25,26). The Kier molecular flexibility index (Phi) is 7.33. The fraction of sp³-hybridized carbons (Fsp3) is 0.263. The Labute approximate surface area is 182 Å². The molecule has 1 aromatic heterocycles. The molecular weight excluding hydrogens is 476 g/mol. The summed E-state index contributed by atoms with van der Waals surface area (Å²) in [7, 11) is -3.47. The zero-order chi connectivity index (χ0) is 20.9. The molecule has 0 aliphatic rings. The molecule has 3 aromatic rings. The lowest BCUT2D eigenvalue weighted by molar-refractivity contribution is 0.340. The highest BCUT2D eigenvalue weighted by Crippen LogP contribution is 2.30. The van der Waals surface area contributed by atoms with E-state index in [0.717, 1.165) is 21.5 Å². The second-order valence-electron chi connectivity index (χ2n) is 6.14. The van der Waals surface area contributed by atoms with Gasteiger partial charge in [-0.25, -0.2) is 13.6 Å². The highest BCUT2D eigenvalue weighted by molar-refractivity contribution is 9.10. The van der Waals surface area contributed by atoms with Crippen LogP contribution in [0.25, 0.3) is 17.1 Å². The van der Waals surface area contributed by atoms with Crippen LogP contribution in [-0.2, 0) is 10.0 Å². The number of nitrogens with zero attached hydrogens (tertiary/aromatic N) is 3. The van der Waals surface area contributed by atoms with E-state index in [0.29, 0.717) is 29.8 Å². The first-order valence-electron chi connectivity index (χ1n) is 8.95. The summed E-state index contributed by atoms with van der Waals surface area (Å²) < 4.78 is 30.8. The lowest BCUT2D eigenvalue weighted by Crippen LogP contribution is -2.16. The SMILES string of the molecule is CCOc1ccc(-n2c(SCCCS(N)(=O)=O)nnc2-c2ccc(Br)cc2)cc1. The third-order valence-electron chi connectivity index (χ3n) is 3.95. The first-order chi connectivity index (χ1) is 13.9. The number of rotatable bonds is 9. The quantitative estimate of drug-likeness (QED) is 0.356. The number of halogens is 1. The van der Waals surface area contributed by atoms with E-state index >= 15 is 0 Å². The zero-order valence-electron chi connectivity index (χ0n) is 15.8. The number of aromatic nitrogens is 3. The predicted octanol–water partition coefficient (Wildman–Crippen LogP) is 3.87. The van der Waals surface area contributed by atoms with E-state index < -0.39 is 10.0 Å². The number of hydrogen-bond donors (Lipinski definition) is 1. The minimum Gasteiger partial charge on any atom is -0.494 e. The van der Waals surface area contributed by atoms with Gasteiger partial charge in [0.2, 0.25) is 10.0 Å². The Morgan fingerprint density at radius 2 is 1.79 bits per heavy atom. The molecule has 7 nitrogen and oxygen atoms in total. The minimum absolute atomic E-state index is 0.0588. The monoisotopic (exact) mass is 496 g/mol. The van der Waals surface area contributed by atoms with Crippen LogP contribution in [0.15, 0.2) is 58.2 Å². The molecule has 29 heavy (non-hydrogen) atoms. The molecule has 0 spiro atoms. The van der Waals surface area contributed by atoms with Crippen LogP contribution >= 0.6 is 27.7 Å². The molecule has 10 heteroatoms. The van der Waals surface area contributed by atoms with Gasteiger partial charge in [-0.1, -0.05) is 39.8 Å². The summed E-state index contributed by atoms with van der Waals surface area (Å²) >= 11 is 4.89. The van der Waals surface area contributed by atoms with Gasteiger partial charge in [-0.05, 0) is 49.7 Å². The van der Waals surface area contributed by atoms with E-state index in [2.05, 4.69) is 26.1 Å². The van der Waals surface area contributed by atoms with E-state index in [1.54, 1.807) is 0 Å². The first-order valence-corrected chi connectivity index (χ1v) is 12.4. The molecule has 0 radical (unpaired) electrons. The highest BCUT2D eigenvalue weighted by Gasteiger charge is 2.16. The van der Waals surface area contributed by atoms with Gasteiger partial charge in [0.25, 0.3) is 0 Å². The van der Waals surface area contributed by atoms with Gasteiger partial charge in [0.05, 0.1) is 12.4 Å². The van der Waals surface area contributed by atoms with Crippen LogP contribution in [0.1, 0.15) is 13.3 Å². The average Bonchev–Trinajstić information content (AvgIpc) is 3.10. The van der Waals surface area contributed by atoms with E-state index in [-0.39, 0.29) is 5.75 Å². The average molecular weight is 497 g/mol. The topological polar surface area (TPSA) is 100 Å². The van der Waals surface area contributed by atoms with Crippen LogP contribution in [0.2, 0.25) is 0 Å². The van der Waals surface area contributed by atoms with Crippen molar-refractivity contribution in [2.45, 2.75) is 18.5 Å². The Hall–Kier alpha value is -1.88. The smallest absolute Gasteiger partial charge is 0.209 e. The summed E-state index contributed by atoms with van der Waals surface area (Å²) in [6, 6.07) is 15.5. The van der Waals surface area contributed by atoms with Crippen molar-refractivity contribution in [3.05, 3.63) is 53.0 Å². The van der Waals surface area contributed by atoms with Crippen molar-refractivity contribution in [1.82, 2.24) is 14.8 Å². The van der Waals surface area contributed by atoms with Gasteiger partial charge in [0.15, 0.2) is 11.0 Å². The van der Waals surface area contributed by atoms with Crippen LogP contribution in [-0.4, -0.2) is 41.3 Å². The van der Waals surface area contributed by atoms with Crippen LogP contribution in [0.4, 0.5) is 0 Å². The van der Waals surface area contributed by atoms with Crippen molar-refractivity contribution in [1.29, 1.82) is 0 Å². The Morgan fingerprint density at radius 1 is 1.10 bits per heavy atom. The summed E-state index contributed by atoms with van der Waals surface area (Å²) in [5, 5.41) is 14.5. The summed E-state index contributed by atoms with van der Waals surface area (Å²) in [5.74, 6) is 2.00. The molecule has 0 unspecified atom stereocenters. The lowest BCUT2D eigenvalue weighted by Gasteiger charge is -2.11. The van der Waals surface area contributed by atoms with Crippen molar-refractivity contribution >= 4 is 37.7 Å². The maximum absolute atomic E-state index is 11.2. The van der Waals surface area contributed by atoms with Gasteiger partial charge in [-0.2, -0.15) is 0 Å². The number of ether oxygens (including phenoxy) is 1. The molecule has 2 N–H and O–H groups in total. The second-order valence-corrected chi connectivity index (χ2v) is 9.86. The molecule has 0 bridgehead atoms. The highest BCUT2D eigenvalue weighted by atomic mass is 79.9. The van der Waals surface area contributed by atoms with Gasteiger partial charge in [-0.15, -0.1) is 10.2 Å². The Balaban J connectivity index is 1.92. The number of hydrogen-bond acceptors (Lipinski definition) is 6. The molecule has 0 amide bonds. The van der Waals surface area contributed by atoms with E-state index in [1.807, 2.05) is 60.0 Å². The number of sulfonamides is 1. The fourth-order valence-electron chi connectivity index (χ4n) is 2.66. The molecule has 1 heterocycles. The minimum atomic E-state index is -3.47. The summed E-state index contributed by atoms with van der Waals surface area (Å²) in [6.45, 7) is 2.54. The van der Waals surface area contributed by atoms with Crippen molar-refractivity contribution in [2.24, 2.45) is 5.14 Å². The maximum Gasteiger partial charge on any atom is 0.209 e. The van der Waals surface area contributed by atoms with E-state index in [1.165, 1.54) is 11.8 Å². The van der Waals surface area contributed by atoms with Crippen molar-refractivity contribution in [2.75, 3.05) is 18.1 Å². The van der Waals surface area contributed by atoms with Gasteiger partial charge < -0.3 is 4.74 Å². The van der Waals surface area contributed by atoms with Crippen molar-refractivity contribution in [3.8, 4) is 22.8 Å². The van der Waals surface area contributed by atoms with Gasteiger partial charge in [0.1, 0.15) is 5.75 Å². The number of benzene rings is 2. The van der Waals surface area contributed by atoms with Crippen LogP contribution in [0, 0.1) is 0 Å². The van der Waals surface area contributed by atoms with Gasteiger partial charge >= 0.3 is 0 Å². The zero-order valence-corrected chi connectivity index (χ0v) is 19.0. The summed E-state index contributed by atoms with van der Waals surface area (Å²) in [6.07, 6.45) is 0.438. The predicted molar refractivity (Wildman–Crippen MR) is 119 cm³/mol. The number of primary sulfonamides is 1. The van der Waals surface area contributed by atoms with E-state index in [9.17, 15) is 8.42 Å². The Bertz CT molecular complexity index is 1050. The lowest BCUT2D eigenvalue weighted by atomic mass is 10.2. The molecule has 0 aliphatic heterocycles. The Morgan fingerprint density at radius 3 is 2.41 bits per heavy atom. The number of nitrogens with two attached hydrogens (primary N) is 1. The largest absolute Gasteiger partial charge is 0.494 e. The molecule has 3 rings (SSSR count). The normalized spacial score (nSPS) is 11.6. The van der Waals surface area contributed by atoms with E-state index in [4.69, 9.17) is 9.88 Å². The molecule has 0 aliphatic carbocycles. The molecule has 0 atom stereocenters. The van der Waals surface area contributed by atoms with Crippen LogP contribution in [0.3, 0.4) is 0 Å². The third-order valence-corrected chi connectivity index (χ3v) is 6.35. The maximum atomic E-state index is 11.2. The summed E-state index contributed by atoms with van der Waals surface area (Å²) in [4.78, 5) is 0. The van der Waals surface area contributed by atoms with Crippen molar-refractivity contribution in [3.63, 3.8) is 0 Å². The van der Waals surface area contributed by atoms with Gasteiger partial charge in [-0.3, -0.25) is 4.57 Å². The third kappa shape index (κ3) is 6.05. The van der Waals surface area contributed by atoms with Crippen LogP contribution < -0.4 is 9.88 Å². The molecule has 154 valence electrons. The fourth-order valence-corrected chi connectivity index (χ4v) is 4.55. The molecule has 0 saturated heterocycles. The molecule has 2 aromatic carbocycles. The number of thioether (sulfide) groups is 1. The summed E-state index contributed by atoms with van der Waals surface area (Å²) in [5.41, 5.74) is 1.82. The van der Waals surface area contributed by atoms with Crippen LogP contribution in [0.5, 0.6) is 5.75 Å². The second kappa shape index (κ2) is 9.75. The molecule has 0 saturated carbocycles. The molecule has 0 fully saturated rings. The first kappa shape index (κ1) is 21.8.